The highest BCUT2D eigenvalue weighted by Gasteiger charge is 2.35. The summed E-state index contributed by atoms with van der Waals surface area (Å²) >= 11 is 0. The van der Waals surface area contributed by atoms with Crippen molar-refractivity contribution >= 4 is 31.4 Å². The summed E-state index contributed by atoms with van der Waals surface area (Å²) < 4.78 is 48.7. The third kappa shape index (κ3) is 4.47. The first-order valence-corrected chi connectivity index (χ1v) is 11.6. The van der Waals surface area contributed by atoms with Crippen LogP contribution in [0.5, 0.6) is 0 Å². The molecule has 0 saturated carbocycles. The summed E-state index contributed by atoms with van der Waals surface area (Å²) in [5.41, 5.74) is 13.4. The summed E-state index contributed by atoms with van der Waals surface area (Å²) in [4.78, 5) is 0.398. The van der Waals surface area contributed by atoms with Gasteiger partial charge >= 0.3 is 0 Å². The molecule has 28 heavy (non-hydrogen) atoms. The monoisotopic (exact) mass is 433 g/mol. The first-order valence-electron chi connectivity index (χ1n) is 8.13. The fourth-order valence-corrected chi connectivity index (χ4v) is 5.51. The highest BCUT2D eigenvalue weighted by Crippen LogP contribution is 2.35. The van der Waals surface area contributed by atoms with Crippen LogP contribution in [0.3, 0.4) is 0 Å². The minimum Gasteiger partial charge on any atom is -0.388 e. The second kappa shape index (κ2) is 7.71. The van der Waals surface area contributed by atoms with E-state index in [9.17, 15) is 21.9 Å². The zero-order valence-corrected chi connectivity index (χ0v) is 16.8. The molecule has 1 aliphatic rings. The van der Waals surface area contributed by atoms with Crippen molar-refractivity contribution in [1.29, 1.82) is 10.9 Å². The second-order valence-electron chi connectivity index (χ2n) is 6.62. The first-order chi connectivity index (χ1) is 12.8. The molecule has 0 aromatic heterocycles. The van der Waals surface area contributed by atoms with Gasteiger partial charge in [0.15, 0.2) is 15.7 Å². The van der Waals surface area contributed by atoms with Crippen LogP contribution >= 0.6 is 0 Å². The summed E-state index contributed by atoms with van der Waals surface area (Å²) in [7, 11) is -8.55. The lowest BCUT2D eigenvalue weighted by atomic mass is 9.91. The standard InChI is InChI=1S/C14H23N7O5S2/c1-27(23,24)10-3-2-9(21-6-4-14(22,8-15)5-7-21)11(13(16)19-20-17)12(10)28(18,25)26/h2-3,22H,4-8,15H2,1H3,(H3,16,17,19)(H2,18,25,26). The topological polar surface area (TPSA) is 216 Å². The van der Waals surface area contributed by atoms with Crippen molar-refractivity contribution in [2.24, 2.45) is 16.1 Å². The molecule has 1 heterocycles. The Bertz CT molecular complexity index is 999. The van der Waals surface area contributed by atoms with E-state index in [0.29, 0.717) is 12.8 Å². The maximum Gasteiger partial charge on any atom is 0.240 e. The quantitative estimate of drug-likeness (QED) is 0.139. The highest BCUT2D eigenvalue weighted by molar-refractivity contribution is 7.93. The van der Waals surface area contributed by atoms with Crippen LogP contribution in [-0.4, -0.2) is 59.3 Å². The van der Waals surface area contributed by atoms with Crippen LogP contribution in [0.4, 0.5) is 5.69 Å². The maximum atomic E-state index is 12.3. The lowest BCUT2D eigenvalue weighted by Crippen LogP contribution is -2.49. The maximum absolute atomic E-state index is 12.3. The predicted octanol–water partition coefficient (Wildman–Crippen LogP) is -1.11. The minimum atomic E-state index is -4.56. The number of hydrogen-bond donors (Lipinski definition) is 6. The van der Waals surface area contributed by atoms with Crippen molar-refractivity contribution < 1.29 is 21.9 Å². The zero-order chi connectivity index (χ0) is 21.3. The number of primary sulfonamides is 1. The predicted molar refractivity (Wildman–Crippen MR) is 101 cm³/mol. The van der Waals surface area contributed by atoms with E-state index in [1.54, 1.807) is 4.90 Å². The van der Waals surface area contributed by atoms with Crippen LogP contribution in [0.1, 0.15) is 18.4 Å². The third-order valence-corrected chi connectivity index (χ3v) is 6.88. The Kier molecular flexibility index (Phi) is 6.10. The number of nitrogens with two attached hydrogens (primary N) is 2. The highest BCUT2D eigenvalue weighted by atomic mass is 32.2. The van der Waals surface area contributed by atoms with Gasteiger partial charge in [0.25, 0.3) is 0 Å². The number of hydrogen-bond acceptors (Lipinski definition) is 10. The molecule has 1 aromatic carbocycles. The van der Waals surface area contributed by atoms with Crippen molar-refractivity contribution in [2.45, 2.75) is 28.2 Å². The van der Waals surface area contributed by atoms with Gasteiger partial charge in [-0.3, -0.25) is 5.41 Å². The van der Waals surface area contributed by atoms with Crippen LogP contribution in [0.25, 0.3) is 0 Å². The van der Waals surface area contributed by atoms with Gasteiger partial charge in [-0.05, 0) is 25.0 Å². The number of amidine groups is 1. The average Bonchev–Trinajstić information content (AvgIpc) is 2.60. The fourth-order valence-electron chi connectivity index (χ4n) is 3.11. The molecule has 0 bridgehead atoms. The molecule has 156 valence electrons. The molecule has 12 nitrogen and oxygen atoms in total. The molecule has 0 aliphatic carbocycles. The Hall–Kier alpha value is -2.13. The Morgan fingerprint density at radius 1 is 1.32 bits per heavy atom. The Balaban J connectivity index is 2.74. The molecule has 8 N–H and O–H groups in total. The van der Waals surface area contributed by atoms with Gasteiger partial charge < -0.3 is 15.7 Å². The minimum absolute atomic E-state index is 0.0677. The van der Waals surface area contributed by atoms with E-state index in [0.717, 1.165) is 12.3 Å². The van der Waals surface area contributed by atoms with Gasteiger partial charge in [-0.15, -0.1) is 0 Å². The lowest BCUT2D eigenvalue weighted by molar-refractivity contribution is 0.0250. The molecule has 0 spiro atoms. The summed E-state index contributed by atoms with van der Waals surface area (Å²) in [6.07, 6.45) is 1.42. The molecule has 14 heteroatoms. The molecule has 2 rings (SSSR count). The summed E-state index contributed by atoms with van der Waals surface area (Å²) in [6, 6.07) is 2.48. The first kappa shape index (κ1) is 22.2. The van der Waals surface area contributed by atoms with Gasteiger partial charge in [0.1, 0.15) is 4.90 Å². The van der Waals surface area contributed by atoms with E-state index < -0.39 is 41.1 Å². The van der Waals surface area contributed by atoms with E-state index in [4.69, 9.17) is 21.8 Å². The number of piperidine rings is 1. The fraction of sp³-hybridized carbons (Fsp3) is 0.500. The Morgan fingerprint density at radius 2 is 1.89 bits per heavy atom. The van der Waals surface area contributed by atoms with Crippen LogP contribution in [0, 0.1) is 10.9 Å². The molecule has 1 fully saturated rings. The SMILES string of the molecule is CS(=O)(=O)c1ccc(N2CCC(O)(CN)CC2)c(C(=N)NN=N)c1S(N)(=O)=O. The lowest BCUT2D eigenvalue weighted by Gasteiger charge is -2.39. The van der Waals surface area contributed by atoms with E-state index in [1.807, 2.05) is 5.43 Å². The van der Waals surface area contributed by atoms with Crippen molar-refractivity contribution in [3.8, 4) is 0 Å². The molecule has 0 amide bonds. The normalized spacial score (nSPS) is 17.2. The van der Waals surface area contributed by atoms with Gasteiger partial charge in [-0.2, -0.15) is 5.53 Å². The van der Waals surface area contributed by atoms with E-state index in [2.05, 4.69) is 5.22 Å². The van der Waals surface area contributed by atoms with Gasteiger partial charge in [0, 0.05) is 31.6 Å². The van der Waals surface area contributed by atoms with E-state index >= 15 is 0 Å². The summed E-state index contributed by atoms with van der Waals surface area (Å²) in [5.74, 6) is -0.598. The van der Waals surface area contributed by atoms with Crippen LogP contribution in [0.15, 0.2) is 27.1 Å². The van der Waals surface area contributed by atoms with Gasteiger partial charge in [-0.25, -0.2) is 27.4 Å². The smallest absolute Gasteiger partial charge is 0.240 e. The van der Waals surface area contributed by atoms with Crippen molar-refractivity contribution in [3.63, 3.8) is 0 Å². The summed E-state index contributed by atoms with van der Waals surface area (Å²) in [6.45, 7) is 0.640. The second-order valence-corrected chi connectivity index (χ2v) is 10.1. The molecule has 0 unspecified atom stereocenters. The molecule has 0 radical (unpaired) electrons. The van der Waals surface area contributed by atoms with Gasteiger partial charge in [-0.1, -0.05) is 5.22 Å². The van der Waals surface area contributed by atoms with E-state index in [-0.39, 0.29) is 30.9 Å². The van der Waals surface area contributed by atoms with Crippen LogP contribution < -0.4 is 21.2 Å². The molecule has 1 aromatic rings. The number of benzene rings is 1. The molecule has 1 aliphatic heterocycles. The molecule has 1 saturated heterocycles. The summed E-state index contributed by atoms with van der Waals surface area (Å²) in [5, 5.41) is 26.5. The Morgan fingerprint density at radius 3 is 2.32 bits per heavy atom. The van der Waals surface area contributed by atoms with Crippen molar-refractivity contribution in [3.05, 3.63) is 17.7 Å². The zero-order valence-electron chi connectivity index (χ0n) is 15.1. The number of sulfone groups is 1. The van der Waals surface area contributed by atoms with Crippen molar-refractivity contribution in [2.75, 3.05) is 30.8 Å². The molecule has 0 atom stereocenters. The third-order valence-electron chi connectivity index (χ3n) is 4.62. The molecular formula is C14H23N7O5S2. The number of rotatable bonds is 6. The van der Waals surface area contributed by atoms with Crippen molar-refractivity contribution in [1.82, 2.24) is 5.43 Å². The van der Waals surface area contributed by atoms with Gasteiger partial charge in [0.05, 0.1) is 16.1 Å². The number of sulfonamides is 1. The largest absolute Gasteiger partial charge is 0.388 e. The number of aliphatic hydroxyl groups is 1. The Labute approximate surface area is 162 Å². The van der Waals surface area contributed by atoms with E-state index in [1.165, 1.54) is 6.07 Å². The molecular weight excluding hydrogens is 410 g/mol. The number of anilines is 1. The van der Waals surface area contributed by atoms with Gasteiger partial charge in [0.2, 0.25) is 10.0 Å². The van der Waals surface area contributed by atoms with Crippen LogP contribution in [-0.2, 0) is 19.9 Å². The number of nitrogens with one attached hydrogen (secondary N) is 3. The average molecular weight is 434 g/mol. The number of nitrogens with zero attached hydrogens (tertiary/aromatic N) is 2. The van der Waals surface area contributed by atoms with Crippen LogP contribution in [0.2, 0.25) is 0 Å².